The summed E-state index contributed by atoms with van der Waals surface area (Å²) in [4.78, 5) is 27.1. The molecule has 29 heavy (non-hydrogen) atoms. The summed E-state index contributed by atoms with van der Waals surface area (Å²) in [5.41, 5.74) is 2.79. The Morgan fingerprint density at radius 3 is 2.38 bits per heavy atom. The van der Waals surface area contributed by atoms with Crippen molar-refractivity contribution in [1.82, 2.24) is 4.90 Å². The van der Waals surface area contributed by atoms with E-state index in [0.29, 0.717) is 40.9 Å². The van der Waals surface area contributed by atoms with E-state index in [1.807, 2.05) is 37.3 Å². The van der Waals surface area contributed by atoms with Crippen LogP contribution < -0.4 is 10.1 Å². The Balaban J connectivity index is 1.99. The van der Waals surface area contributed by atoms with Gasteiger partial charge in [0.05, 0.1) is 12.2 Å². The van der Waals surface area contributed by atoms with E-state index < -0.39 is 0 Å². The molecule has 2 amide bonds. The number of ether oxygens (including phenoxy) is 1. The molecule has 0 bridgehead atoms. The largest absolute Gasteiger partial charge is 0.493 e. The predicted octanol–water partition coefficient (Wildman–Crippen LogP) is 4.90. The van der Waals surface area contributed by atoms with Crippen LogP contribution in [-0.2, 0) is 9.59 Å². The third kappa shape index (κ3) is 4.30. The second kappa shape index (κ2) is 8.70. The zero-order chi connectivity index (χ0) is 21.1. The summed E-state index contributed by atoms with van der Waals surface area (Å²) >= 11 is 6.21. The molecule has 152 valence electrons. The Morgan fingerprint density at radius 2 is 1.76 bits per heavy atom. The van der Waals surface area contributed by atoms with Gasteiger partial charge in [0.1, 0.15) is 11.4 Å². The van der Waals surface area contributed by atoms with E-state index in [0.717, 1.165) is 11.3 Å². The molecular formula is C23H25ClN2O3. The van der Waals surface area contributed by atoms with Crippen LogP contribution in [0.4, 0.5) is 5.69 Å². The van der Waals surface area contributed by atoms with Crippen molar-refractivity contribution >= 4 is 34.7 Å². The first-order chi connectivity index (χ1) is 13.8. The van der Waals surface area contributed by atoms with Crippen LogP contribution in [0.3, 0.4) is 0 Å². The number of benzene rings is 2. The fourth-order valence-corrected chi connectivity index (χ4v) is 3.28. The number of likely N-dealkylation sites (N-methyl/N-ethyl adjacent to an activating group) is 1. The highest BCUT2D eigenvalue weighted by atomic mass is 35.5. The maximum Gasteiger partial charge on any atom is 0.278 e. The van der Waals surface area contributed by atoms with Crippen molar-refractivity contribution < 1.29 is 14.3 Å². The summed E-state index contributed by atoms with van der Waals surface area (Å²) in [7, 11) is 0. The summed E-state index contributed by atoms with van der Waals surface area (Å²) in [6.45, 7) is 8.73. The minimum absolute atomic E-state index is 0.262. The lowest BCUT2D eigenvalue weighted by Gasteiger charge is -2.13. The zero-order valence-electron chi connectivity index (χ0n) is 17.1. The Hall–Kier alpha value is -2.79. The molecule has 1 aliphatic rings. The number of nitrogens with one attached hydrogen (secondary N) is 1. The molecule has 0 radical (unpaired) electrons. The molecule has 0 saturated carbocycles. The number of hydrogen-bond donors (Lipinski definition) is 1. The second-order valence-electron chi connectivity index (χ2n) is 7.37. The number of amides is 2. The molecule has 6 heteroatoms. The van der Waals surface area contributed by atoms with Crippen LogP contribution in [0.1, 0.15) is 31.9 Å². The minimum Gasteiger partial charge on any atom is -0.493 e. The second-order valence-corrected chi connectivity index (χ2v) is 7.78. The van der Waals surface area contributed by atoms with Crippen molar-refractivity contribution in [3.05, 3.63) is 64.3 Å². The molecule has 5 nitrogen and oxygen atoms in total. The van der Waals surface area contributed by atoms with E-state index in [1.165, 1.54) is 4.90 Å². The molecule has 1 heterocycles. The molecule has 3 rings (SSSR count). The number of rotatable bonds is 7. The van der Waals surface area contributed by atoms with Crippen LogP contribution in [-0.4, -0.2) is 29.9 Å². The van der Waals surface area contributed by atoms with Gasteiger partial charge < -0.3 is 10.1 Å². The first kappa shape index (κ1) is 20.9. The molecule has 0 atom stereocenters. The molecule has 0 aromatic heterocycles. The summed E-state index contributed by atoms with van der Waals surface area (Å²) in [5.74, 6) is 0.496. The number of carbonyl (C=O) groups is 2. The Morgan fingerprint density at radius 1 is 1.07 bits per heavy atom. The van der Waals surface area contributed by atoms with Crippen LogP contribution in [0.25, 0.3) is 5.57 Å². The average molecular weight is 413 g/mol. The van der Waals surface area contributed by atoms with Crippen molar-refractivity contribution in [1.29, 1.82) is 0 Å². The number of imide groups is 1. The van der Waals surface area contributed by atoms with Gasteiger partial charge >= 0.3 is 0 Å². The number of halogens is 1. The van der Waals surface area contributed by atoms with Crippen molar-refractivity contribution in [3.63, 3.8) is 0 Å². The molecular weight excluding hydrogens is 388 g/mol. The SMILES string of the molecule is CCN1C(=O)C(Nc2cccc(Cl)c2C)=C(c2ccc(OCC(C)C)cc2)C1=O. The topological polar surface area (TPSA) is 58.6 Å². The molecule has 0 fully saturated rings. The Labute approximate surface area is 176 Å². The van der Waals surface area contributed by atoms with Gasteiger partial charge in [-0.3, -0.25) is 14.5 Å². The van der Waals surface area contributed by atoms with E-state index in [1.54, 1.807) is 19.1 Å². The molecule has 0 spiro atoms. The Kier molecular flexibility index (Phi) is 6.28. The van der Waals surface area contributed by atoms with Crippen molar-refractivity contribution in [3.8, 4) is 5.75 Å². The number of nitrogens with zero attached hydrogens (tertiary/aromatic N) is 1. The number of anilines is 1. The molecule has 2 aromatic rings. The van der Waals surface area contributed by atoms with Gasteiger partial charge in [0.15, 0.2) is 0 Å². The first-order valence-electron chi connectivity index (χ1n) is 9.69. The normalized spacial score (nSPS) is 14.2. The van der Waals surface area contributed by atoms with Crippen LogP contribution in [0, 0.1) is 12.8 Å². The number of carbonyl (C=O) groups excluding carboxylic acids is 2. The highest BCUT2D eigenvalue weighted by molar-refractivity contribution is 6.36. The Bertz CT molecular complexity index is 965. The predicted molar refractivity (Wildman–Crippen MR) is 116 cm³/mol. The van der Waals surface area contributed by atoms with Crippen molar-refractivity contribution in [2.75, 3.05) is 18.5 Å². The van der Waals surface area contributed by atoms with E-state index in [-0.39, 0.29) is 17.5 Å². The van der Waals surface area contributed by atoms with Crippen molar-refractivity contribution in [2.45, 2.75) is 27.7 Å². The summed E-state index contributed by atoms with van der Waals surface area (Å²) in [6, 6.07) is 12.7. The van der Waals surface area contributed by atoms with Gasteiger partial charge in [0.25, 0.3) is 11.8 Å². The maximum atomic E-state index is 12.9. The fraction of sp³-hybridized carbons (Fsp3) is 0.304. The molecule has 1 N–H and O–H groups in total. The molecule has 1 aliphatic heterocycles. The summed E-state index contributed by atoms with van der Waals surface area (Å²) in [6.07, 6.45) is 0. The van der Waals surface area contributed by atoms with Crippen molar-refractivity contribution in [2.24, 2.45) is 5.92 Å². The van der Waals surface area contributed by atoms with Gasteiger partial charge in [-0.05, 0) is 55.2 Å². The lowest BCUT2D eigenvalue weighted by Crippen LogP contribution is -2.32. The van der Waals surface area contributed by atoms with Gasteiger partial charge in [0, 0.05) is 17.3 Å². The van der Waals surface area contributed by atoms with E-state index in [4.69, 9.17) is 16.3 Å². The van der Waals surface area contributed by atoms with Gasteiger partial charge in [-0.1, -0.05) is 43.6 Å². The molecule has 0 saturated heterocycles. The van der Waals surface area contributed by atoms with E-state index in [2.05, 4.69) is 19.2 Å². The third-order valence-corrected chi connectivity index (χ3v) is 5.15. The van der Waals surface area contributed by atoms with Crippen LogP contribution in [0.15, 0.2) is 48.2 Å². The van der Waals surface area contributed by atoms with Crippen LogP contribution in [0.5, 0.6) is 5.75 Å². The highest BCUT2D eigenvalue weighted by Crippen LogP contribution is 2.33. The quantitative estimate of drug-likeness (QED) is 0.657. The highest BCUT2D eigenvalue weighted by Gasteiger charge is 2.38. The molecule has 0 unspecified atom stereocenters. The first-order valence-corrected chi connectivity index (χ1v) is 10.1. The molecule has 0 aliphatic carbocycles. The van der Waals surface area contributed by atoms with Crippen LogP contribution >= 0.6 is 11.6 Å². The number of hydrogen-bond acceptors (Lipinski definition) is 4. The average Bonchev–Trinajstić information content (AvgIpc) is 2.93. The third-order valence-electron chi connectivity index (χ3n) is 4.74. The summed E-state index contributed by atoms with van der Waals surface area (Å²) < 4.78 is 5.72. The van der Waals surface area contributed by atoms with Gasteiger partial charge in [0.2, 0.25) is 0 Å². The lowest BCUT2D eigenvalue weighted by molar-refractivity contribution is -0.136. The zero-order valence-corrected chi connectivity index (χ0v) is 17.8. The van der Waals surface area contributed by atoms with Gasteiger partial charge in [-0.2, -0.15) is 0 Å². The fourth-order valence-electron chi connectivity index (χ4n) is 3.11. The van der Waals surface area contributed by atoms with Gasteiger partial charge in [-0.25, -0.2) is 0 Å². The summed E-state index contributed by atoms with van der Waals surface area (Å²) in [5, 5.41) is 3.74. The smallest absolute Gasteiger partial charge is 0.278 e. The lowest BCUT2D eigenvalue weighted by atomic mass is 10.0. The maximum absolute atomic E-state index is 12.9. The monoisotopic (exact) mass is 412 g/mol. The minimum atomic E-state index is -0.341. The molecule has 2 aromatic carbocycles. The standard InChI is InChI=1S/C23H25ClN2O3/c1-5-26-22(27)20(16-9-11-17(12-10-16)29-13-14(2)3)21(23(26)28)25-19-8-6-7-18(24)15(19)4/h6-12,14,25H,5,13H2,1-4H3. The van der Waals surface area contributed by atoms with E-state index >= 15 is 0 Å². The van der Waals surface area contributed by atoms with Gasteiger partial charge in [-0.15, -0.1) is 0 Å². The van der Waals surface area contributed by atoms with E-state index in [9.17, 15) is 9.59 Å². The van der Waals surface area contributed by atoms with Crippen LogP contribution in [0.2, 0.25) is 5.02 Å².